The fraction of sp³-hybridized carbons (Fsp3) is 0.714. The number of hydrogen-bond donors (Lipinski definition) is 2. The van der Waals surface area contributed by atoms with Crippen molar-refractivity contribution in [3.8, 4) is 0 Å². The number of aliphatic carboxylic acids is 1. The van der Waals surface area contributed by atoms with Crippen LogP contribution in [0.25, 0.3) is 0 Å². The van der Waals surface area contributed by atoms with Crippen LogP contribution in [0.5, 0.6) is 0 Å². The molecule has 64 valence electrons. The van der Waals surface area contributed by atoms with Crippen molar-refractivity contribution in [1.82, 2.24) is 0 Å². The maximum absolute atomic E-state index is 10.5. The summed E-state index contributed by atoms with van der Waals surface area (Å²) < 4.78 is 0. The van der Waals surface area contributed by atoms with E-state index in [1.165, 1.54) is 13.8 Å². The Labute approximate surface area is 64.8 Å². The van der Waals surface area contributed by atoms with Crippen LogP contribution in [-0.4, -0.2) is 27.6 Å². The van der Waals surface area contributed by atoms with Crippen LogP contribution in [0, 0.1) is 0 Å². The molecule has 4 heteroatoms. The summed E-state index contributed by atoms with van der Waals surface area (Å²) in [6.07, 6.45) is -0.508. The van der Waals surface area contributed by atoms with E-state index in [1.807, 2.05) is 0 Å². The normalized spacial score (nSPS) is 15.5. The predicted octanol–water partition coefficient (Wildman–Crippen LogP) is 0.191. The fourth-order valence-corrected chi connectivity index (χ4v) is 0.925. The van der Waals surface area contributed by atoms with E-state index >= 15 is 0 Å². The minimum absolute atomic E-state index is 0.112. The molecule has 0 heterocycles. The van der Waals surface area contributed by atoms with Crippen LogP contribution in [0.3, 0.4) is 0 Å². The summed E-state index contributed by atoms with van der Waals surface area (Å²) >= 11 is 0. The van der Waals surface area contributed by atoms with E-state index in [-0.39, 0.29) is 12.2 Å². The van der Waals surface area contributed by atoms with Gasteiger partial charge >= 0.3 is 5.97 Å². The molecule has 4 nitrogen and oxygen atoms in total. The zero-order valence-corrected chi connectivity index (χ0v) is 6.63. The van der Waals surface area contributed by atoms with Gasteiger partial charge in [-0.2, -0.15) is 0 Å². The molecule has 0 aromatic rings. The number of carbonyl (C=O) groups excluding carboxylic acids is 1. The summed E-state index contributed by atoms with van der Waals surface area (Å²) in [5.74, 6) is -1.31. The number of Topliss-reactive ketones (excluding diaryl/α,β-unsaturated/α-hetero) is 1. The highest BCUT2D eigenvalue weighted by molar-refractivity contribution is 5.78. The van der Waals surface area contributed by atoms with Crippen molar-refractivity contribution in [2.24, 2.45) is 0 Å². The first-order chi connectivity index (χ1) is 4.83. The van der Waals surface area contributed by atoms with E-state index in [0.29, 0.717) is 0 Å². The quantitative estimate of drug-likeness (QED) is 0.615. The first-order valence-electron chi connectivity index (χ1n) is 3.27. The van der Waals surface area contributed by atoms with Gasteiger partial charge in [-0.05, 0) is 13.8 Å². The minimum Gasteiger partial charge on any atom is -0.481 e. The molecule has 0 spiro atoms. The lowest BCUT2D eigenvalue weighted by molar-refractivity contribution is -0.142. The Bertz CT molecular complexity index is 153. The highest BCUT2D eigenvalue weighted by Gasteiger charge is 2.25. The Morgan fingerprint density at radius 2 is 1.82 bits per heavy atom. The van der Waals surface area contributed by atoms with Crippen LogP contribution in [0.15, 0.2) is 0 Å². The van der Waals surface area contributed by atoms with Gasteiger partial charge in [-0.15, -0.1) is 0 Å². The molecule has 0 saturated carbocycles. The maximum atomic E-state index is 10.5. The molecular weight excluding hydrogens is 148 g/mol. The predicted molar refractivity (Wildman–Crippen MR) is 38.2 cm³/mol. The van der Waals surface area contributed by atoms with Gasteiger partial charge < -0.3 is 10.2 Å². The highest BCUT2D eigenvalue weighted by Crippen LogP contribution is 2.14. The Kier molecular flexibility index (Phi) is 3.19. The fourth-order valence-electron chi connectivity index (χ4n) is 0.925. The summed E-state index contributed by atoms with van der Waals surface area (Å²) in [6, 6.07) is 0. The van der Waals surface area contributed by atoms with Crippen molar-refractivity contribution in [1.29, 1.82) is 0 Å². The molecule has 0 aromatic heterocycles. The Morgan fingerprint density at radius 3 is 2.09 bits per heavy atom. The summed E-state index contributed by atoms with van der Waals surface area (Å²) in [6.45, 7) is 2.65. The van der Waals surface area contributed by atoms with Gasteiger partial charge in [0.2, 0.25) is 0 Å². The van der Waals surface area contributed by atoms with E-state index < -0.39 is 18.0 Å². The molecular formula is C7H12O4. The van der Waals surface area contributed by atoms with Crippen LogP contribution in [0.1, 0.15) is 26.7 Å². The van der Waals surface area contributed by atoms with Crippen molar-refractivity contribution in [2.75, 3.05) is 0 Å². The first-order valence-corrected chi connectivity index (χ1v) is 3.27. The number of aliphatic hydroxyl groups is 1. The molecule has 0 saturated heterocycles. The van der Waals surface area contributed by atoms with Crippen molar-refractivity contribution in [2.45, 2.75) is 32.3 Å². The zero-order chi connectivity index (χ0) is 9.07. The van der Waals surface area contributed by atoms with Gasteiger partial charge in [0.05, 0.1) is 12.0 Å². The highest BCUT2D eigenvalue weighted by atomic mass is 16.4. The lowest BCUT2D eigenvalue weighted by Crippen LogP contribution is -2.30. The molecule has 0 bridgehead atoms. The molecule has 11 heavy (non-hydrogen) atoms. The average Bonchev–Trinajstić information content (AvgIpc) is 1.53. The third-order valence-electron chi connectivity index (χ3n) is 1.16. The molecule has 0 radical (unpaired) electrons. The smallest absolute Gasteiger partial charge is 0.306 e. The average molecular weight is 160 g/mol. The molecule has 1 atom stereocenters. The van der Waals surface area contributed by atoms with Gasteiger partial charge in [0.15, 0.2) is 0 Å². The summed E-state index contributed by atoms with van der Waals surface area (Å²) in [7, 11) is 0. The van der Waals surface area contributed by atoms with Crippen LogP contribution in [0.4, 0.5) is 0 Å². The van der Waals surface area contributed by atoms with Gasteiger partial charge in [-0.25, -0.2) is 0 Å². The number of carbonyl (C=O) groups is 2. The number of rotatable bonds is 4. The van der Waals surface area contributed by atoms with Gasteiger partial charge in [-0.3, -0.25) is 9.59 Å². The van der Waals surface area contributed by atoms with Crippen molar-refractivity contribution < 1.29 is 19.8 Å². The van der Waals surface area contributed by atoms with Crippen LogP contribution < -0.4 is 0 Å². The van der Waals surface area contributed by atoms with E-state index in [4.69, 9.17) is 5.11 Å². The maximum Gasteiger partial charge on any atom is 0.306 e. The molecule has 0 amide bonds. The monoisotopic (exact) mass is 160 g/mol. The summed E-state index contributed by atoms with van der Waals surface area (Å²) in [5, 5.41) is 17.5. The van der Waals surface area contributed by atoms with E-state index in [0.717, 1.165) is 0 Å². The second-order valence-corrected chi connectivity index (χ2v) is 2.95. The second-order valence-electron chi connectivity index (χ2n) is 2.95. The Hall–Kier alpha value is -0.900. The third kappa shape index (κ3) is 5.54. The molecule has 0 aliphatic rings. The molecule has 0 fully saturated rings. The van der Waals surface area contributed by atoms with Crippen molar-refractivity contribution >= 4 is 11.8 Å². The minimum atomic E-state index is -1.41. The van der Waals surface area contributed by atoms with E-state index in [1.54, 1.807) is 0 Å². The number of carboxylic acids is 1. The first kappa shape index (κ1) is 10.1. The number of carboxylic acid groups (broad SMARTS) is 1. The SMILES string of the molecule is CC(=O)C[C@](C)(O)CC(=O)O. The number of ketones is 1. The molecule has 0 aliphatic heterocycles. The standard InChI is InChI=1S/C7H12O4/c1-5(8)3-7(2,11)4-6(9)10/h11H,3-4H2,1-2H3,(H,9,10)/t7-/m0/s1. The van der Waals surface area contributed by atoms with Gasteiger partial charge in [0, 0.05) is 6.42 Å². The lowest BCUT2D eigenvalue weighted by Gasteiger charge is -2.18. The van der Waals surface area contributed by atoms with Gasteiger partial charge in [-0.1, -0.05) is 0 Å². The van der Waals surface area contributed by atoms with Crippen LogP contribution >= 0.6 is 0 Å². The molecule has 0 aliphatic carbocycles. The second kappa shape index (κ2) is 3.48. The van der Waals surface area contributed by atoms with Crippen LogP contribution in [-0.2, 0) is 9.59 Å². The topological polar surface area (TPSA) is 74.6 Å². The van der Waals surface area contributed by atoms with Crippen molar-refractivity contribution in [3.63, 3.8) is 0 Å². The largest absolute Gasteiger partial charge is 0.481 e. The Balaban J connectivity index is 3.99. The zero-order valence-electron chi connectivity index (χ0n) is 6.63. The summed E-state index contributed by atoms with van der Waals surface area (Å²) in [4.78, 5) is 20.6. The molecule has 0 unspecified atom stereocenters. The van der Waals surface area contributed by atoms with Gasteiger partial charge in [0.25, 0.3) is 0 Å². The van der Waals surface area contributed by atoms with Gasteiger partial charge in [0.1, 0.15) is 5.78 Å². The molecule has 2 N–H and O–H groups in total. The third-order valence-corrected chi connectivity index (χ3v) is 1.16. The summed E-state index contributed by atoms with van der Waals surface area (Å²) in [5.41, 5.74) is -1.41. The molecule has 0 rings (SSSR count). The molecule has 0 aromatic carbocycles. The van der Waals surface area contributed by atoms with E-state index in [9.17, 15) is 14.7 Å². The van der Waals surface area contributed by atoms with E-state index in [2.05, 4.69) is 0 Å². The number of hydrogen-bond acceptors (Lipinski definition) is 3. The van der Waals surface area contributed by atoms with Crippen LogP contribution in [0.2, 0.25) is 0 Å². The lowest BCUT2D eigenvalue weighted by atomic mass is 9.96. The van der Waals surface area contributed by atoms with Crippen molar-refractivity contribution in [3.05, 3.63) is 0 Å². The Morgan fingerprint density at radius 1 is 1.36 bits per heavy atom.